The van der Waals surface area contributed by atoms with Crippen molar-refractivity contribution < 1.29 is 9.00 Å². The van der Waals surface area contributed by atoms with E-state index in [1.807, 2.05) is 24.3 Å². The second kappa shape index (κ2) is 7.24. The van der Waals surface area contributed by atoms with Crippen molar-refractivity contribution in [1.82, 2.24) is 5.32 Å². The number of nitrogens with one attached hydrogen (secondary N) is 2. The zero-order valence-corrected chi connectivity index (χ0v) is 12.2. The van der Waals surface area contributed by atoms with Gasteiger partial charge in [0.1, 0.15) is 0 Å². The molecule has 0 atom stereocenters. The summed E-state index contributed by atoms with van der Waals surface area (Å²) in [5.74, 6) is 1.46. The van der Waals surface area contributed by atoms with Gasteiger partial charge in [-0.3, -0.25) is 9.00 Å². The quantitative estimate of drug-likeness (QED) is 0.815. The highest BCUT2D eigenvalue weighted by Crippen LogP contribution is 2.17. The lowest BCUT2D eigenvalue weighted by atomic mass is 10.1. The predicted molar refractivity (Wildman–Crippen MR) is 83.5 cm³/mol. The first-order chi connectivity index (χ1) is 9.69. The van der Waals surface area contributed by atoms with Crippen molar-refractivity contribution in [3.63, 3.8) is 0 Å². The van der Waals surface area contributed by atoms with Gasteiger partial charge in [-0.2, -0.15) is 0 Å². The van der Waals surface area contributed by atoms with Crippen LogP contribution in [0.1, 0.15) is 23.2 Å². The fourth-order valence-electron chi connectivity index (χ4n) is 2.16. The molecule has 4 nitrogen and oxygen atoms in total. The molecule has 20 heavy (non-hydrogen) atoms. The van der Waals surface area contributed by atoms with Gasteiger partial charge in [-0.15, -0.1) is 6.58 Å². The summed E-state index contributed by atoms with van der Waals surface area (Å²) in [5, 5.41) is 6.17. The molecule has 2 rings (SSSR count). The molecule has 1 saturated heterocycles. The Labute approximate surface area is 122 Å². The van der Waals surface area contributed by atoms with Gasteiger partial charge in [0.15, 0.2) is 0 Å². The van der Waals surface area contributed by atoms with Crippen LogP contribution in [0.3, 0.4) is 0 Å². The van der Waals surface area contributed by atoms with Crippen LogP contribution < -0.4 is 10.6 Å². The molecule has 0 unspecified atom stereocenters. The van der Waals surface area contributed by atoms with Crippen LogP contribution in [0.15, 0.2) is 36.9 Å². The lowest BCUT2D eigenvalue weighted by Crippen LogP contribution is -2.29. The Morgan fingerprint density at radius 2 is 1.95 bits per heavy atom. The van der Waals surface area contributed by atoms with Gasteiger partial charge in [0, 0.05) is 46.1 Å². The highest BCUT2D eigenvalue weighted by atomic mass is 32.2. The van der Waals surface area contributed by atoms with Crippen LogP contribution in [0, 0.1) is 0 Å². The van der Waals surface area contributed by atoms with Crippen molar-refractivity contribution in [2.24, 2.45) is 0 Å². The van der Waals surface area contributed by atoms with Crippen molar-refractivity contribution in [3.8, 4) is 0 Å². The van der Waals surface area contributed by atoms with Crippen LogP contribution in [0.2, 0.25) is 0 Å². The first-order valence-electron chi connectivity index (χ1n) is 6.79. The van der Waals surface area contributed by atoms with Gasteiger partial charge in [0.25, 0.3) is 5.91 Å². The highest BCUT2D eigenvalue weighted by molar-refractivity contribution is 7.85. The van der Waals surface area contributed by atoms with E-state index in [1.54, 1.807) is 6.08 Å². The molecule has 0 saturated carbocycles. The minimum Gasteiger partial charge on any atom is -0.382 e. The largest absolute Gasteiger partial charge is 0.382 e. The molecule has 2 N–H and O–H groups in total. The van der Waals surface area contributed by atoms with E-state index in [0.717, 1.165) is 30.0 Å². The summed E-state index contributed by atoms with van der Waals surface area (Å²) in [6, 6.07) is 7.82. The van der Waals surface area contributed by atoms with Gasteiger partial charge in [-0.25, -0.2) is 0 Å². The van der Waals surface area contributed by atoms with Crippen molar-refractivity contribution in [2.45, 2.75) is 18.9 Å². The number of carbonyl (C=O) groups is 1. The molecule has 1 aliphatic heterocycles. The number of hydrogen-bond donors (Lipinski definition) is 2. The van der Waals surface area contributed by atoms with Gasteiger partial charge in [0.05, 0.1) is 0 Å². The summed E-state index contributed by atoms with van der Waals surface area (Å²) >= 11 is 0. The molecule has 0 radical (unpaired) electrons. The molecule has 0 aliphatic carbocycles. The molecule has 108 valence electrons. The molecular weight excluding hydrogens is 272 g/mol. The van der Waals surface area contributed by atoms with Gasteiger partial charge in [0.2, 0.25) is 0 Å². The summed E-state index contributed by atoms with van der Waals surface area (Å²) in [6.07, 6.45) is 3.53. The number of hydrogen-bond acceptors (Lipinski definition) is 3. The number of amides is 1. The van der Waals surface area contributed by atoms with E-state index in [0.29, 0.717) is 18.2 Å². The van der Waals surface area contributed by atoms with Crippen molar-refractivity contribution in [3.05, 3.63) is 42.5 Å². The van der Waals surface area contributed by atoms with E-state index in [-0.39, 0.29) is 5.91 Å². The molecule has 1 aliphatic rings. The molecule has 1 aromatic carbocycles. The lowest BCUT2D eigenvalue weighted by molar-refractivity contribution is 0.0958. The van der Waals surface area contributed by atoms with Crippen molar-refractivity contribution in [2.75, 3.05) is 23.4 Å². The fourth-order valence-corrected chi connectivity index (χ4v) is 3.46. The monoisotopic (exact) mass is 292 g/mol. The Morgan fingerprint density at radius 1 is 1.30 bits per heavy atom. The second-order valence-corrected chi connectivity index (χ2v) is 6.54. The summed E-state index contributed by atoms with van der Waals surface area (Å²) in [7, 11) is -0.633. The number of rotatable bonds is 5. The maximum absolute atomic E-state index is 11.7. The minimum atomic E-state index is -0.633. The first kappa shape index (κ1) is 14.8. The van der Waals surface area contributed by atoms with Crippen molar-refractivity contribution in [1.29, 1.82) is 0 Å². The summed E-state index contributed by atoms with van der Waals surface area (Å²) in [4.78, 5) is 11.7. The summed E-state index contributed by atoms with van der Waals surface area (Å²) < 4.78 is 11.3. The third kappa shape index (κ3) is 4.20. The fraction of sp³-hybridized carbons (Fsp3) is 0.400. The number of anilines is 1. The Morgan fingerprint density at radius 3 is 2.55 bits per heavy atom. The van der Waals surface area contributed by atoms with Crippen LogP contribution in [0.4, 0.5) is 5.69 Å². The lowest BCUT2D eigenvalue weighted by Gasteiger charge is -2.23. The Balaban J connectivity index is 1.89. The van der Waals surface area contributed by atoms with E-state index in [4.69, 9.17) is 0 Å². The smallest absolute Gasteiger partial charge is 0.251 e. The maximum Gasteiger partial charge on any atom is 0.251 e. The van der Waals surface area contributed by atoms with Gasteiger partial charge >= 0.3 is 0 Å². The Bertz CT molecular complexity index is 489. The highest BCUT2D eigenvalue weighted by Gasteiger charge is 2.17. The minimum absolute atomic E-state index is 0.0930. The normalized spacial score (nSPS) is 22.0. The predicted octanol–water partition coefficient (Wildman–Crippen LogP) is 1.93. The summed E-state index contributed by atoms with van der Waals surface area (Å²) in [5.41, 5.74) is 1.64. The van der Waals surface area contributed by atoms with Crippen LogP contribution in [-0.2, 0) is 10.8 Å². The number of carbonyl (C=O) groups excluding carboxylic acids is 1. The third-order valence-corrected chi connectivity index (χ3v) is 4.69. The molecule has 0 bridgehead atoms. The second-order valence-electron chi connectivity index (χ2n) is 4.84. The van der Waals surface area contributed by atoms with Crippen LogP contribution in [0.25, 0.3) is 0 Å². The summed E-state index contributed by atoms with van der Waals surface area (Å²) in [6.45, 7) is 4.03. The Hall–Kier alpha value is -1.62. The molecule has 0 spiro atoms. The molecule has 0 aromatic heterocycles. The first-order valence-corrected chi connectivity index (χ1v) is 8.28. The topological polar surface area (TPSA) is 58.2 Å². The molecule has 1 aromatic rings. The molecule has 1 fully saturated rings. The van der Waals surface area contributed by atoms with E-state index >= 15 is 0 Å². The van der Waals surface area contributed by atoms with Crippen LogP contribution >= 0.6 is 0 Å². The van der Waals surface area contributed by atoms with E-state index in [9.17, 15) is 9.00 Å². The van der Waals surface area contributed by atoms with Crippen LogP contribution in [-0.4, -0.2) is 34.2 Å². The van der Waals surface area contributed by atoms with E-state index < -0.39 is 10.8 Å². The van der Waals surface area contributed by atoms with Crippen LogP contribution in [0.5, 0.6) is 0 Å². The maximum atomic E-state index is 11.7. The molecular formula is C15H20N2O2S. The van der Waals surface area contributed by atoms with Gasteiger partial charge in [-0.05, 0) is 37.1 Å². The zero-order valence-electron chi connectivity index (χ0n) is 11.4. The van der Waals surface area contributed by atoms with Crippen molar-refractivity contribution >= 4 is 22.4 Å². The van der Waals surface area contributed by atoms with Gasteiger partial charge in [-0.1, -0.05) is 6.08 Å². The average Bonchev–Trinajstić information content (AvgIpc) is 2.48. The van der Waals surface area contributed by atoms with Gasteiger partial charge < -0.3 is 10.6 Å². The SMILES string of the molecule is C=CCNC(=O)c1ccc(NC2CCS(=O)CC2)cc1. The Kier molecular flexibility index (Phi) is 5.35. The molecule has 5 heteroatoms. The molecule has 1 amide bonds. The standard InChI is InChI=1S/C15H20N2O2S/c1-2-9-16-15(18)12-3-5-13(6-4-12)17-14-7-10-20(19)11-8-14/h2-6,14,17H,1,7-11H2,(H,16,18). The average molecular weight is 292 g/mol. The molecule has 1 heterocycles. The van der Waals surface area contributed by atoms with E-state index in [2.05, 4.69) is 17.2 Å². The third-order valence-electron chi connectivity index (χ3n) is 3.31. The zero-order chi connectivity index (χ0) is 14.4. The number of benzene rings is 1. The van der Waals surface area contributed by atoms with E-state index in [1.165, 1.54) is 0 Å².